The van der Waals surface area contributed by atoms with Crippen LogP contribution in [0.3, 0.4) is 0 Å². The van der Waals surface area contributed by atoms with Gasteiger partial charge in [-0.05, 0) is 6.07 Å². The molecule has 0 saturated heterocycles. The summed E-state index contributed by atoms with van der Waals surface area (Å²) in [5.41, 5.74) is -0.00466. The number of rotatable bonds is 0. The van der Waals surface area contributed by atoms with Gasteiger partial charge in [0.2, 0.25) is 0 Å². The van der Waals surface area contributed by atoms with Crippen molar-refractivity contribution in [1.29, 1.82) is 0 Å². The third kappa shape index (κ3) is 1.11. The number of anilines is 1. The Morgan fingerprint density at radius 2 is 1.93 bits per heavy atom. The van der Waals surface area contributed by atoms with E-state index >= 15 is 0 Å². The first kappa shape index (κ1) is 9.43. The van der Waals surface area contributed by atoms with Crippen molar-refractivity contribution in [1.82, 2.24) is 0 Å². The summed E-state index contributed by atoms with van der Waals surface area (Å²) in [5.74, 6) is -2.57. The molecule has 2 rings (SSSR count). The van der Waals surface area contributed by atoms with Gasteiger partial charge in [-0.25, -0.2) is 4.39 Å². The van der Waals surface area contributed by atoms with E-state index in [-0.39, 0.29) is 16.3 Å². The summed E-state index contributed by atoms with van der Waals surface area (Å²) in [6.45, 7) is 0. The van der Waals surface area contributed by atoms with E-state index in [1.165, 1.54) is 0 Å². The number of ketones is 1. The molecule has 1 heterocycles. The van der Waals surface area contributed by atoms with Crippen molar-refractivity contribution in [3.63, 3.8) is 0 Å². The molecule has 1 aliphatic rings. The number of hydrogen-bond donors (Lipinski definition) is 1. The molecule has 6 heteroatoms. The lowest BCUT2D eigenvalue weighted by Crippen LogP contribution is -2.12. The van der Waals surface area contributed by atoms with Crippen molar-refractivity contribution < 1.29 is 14.0 Å². The smallest absolute Gasteiger partial charge is 0.296 e. The zero-order valence-electron chi connectivity index (χ0n) is 6.53. The number of nitrogens with one attached hydrogen (secondary N) is 1. The Kier molecular flexibility index (Phi) is 1.97. The van der Waals surface area contributed by atoms with Crippen LogP contribution in [-0.2, 0) is 4.79 Å². The van der Waals surface area contributed by atoms with E-state index in [1.54, 1.807) is 0 Å². The van der Waals surface area contributed by atoms with E-state index < -0.39 is 22.5 Å². The van der Waals surface area contributed by atoms with Gasteiger partial charge >= 0.3 is 0 Å². The molecule has 1 aliphatic heterocycles. The van der Waals surface area contributed by atoms with E-state index in [0.29, 0.717) is 0 Å². The number of Topliss-reactive ketones (excluding diaryl/α,β-unsaturated/α-hetero) is 1. The monoisotopic (exact) mass is 233 g/mol. The Morgan fingerprint density at radius 3 is 2.57 bits per heavy atom. The topological polar surface area (TPSA) is 46.2 Å². The molecule has 3 nitrogen and oxygen atoms in total. The maximum atomic E-state index is 13.1. The molecule has 72 valence electrons. The molecule has 0 fully saturated rings. The van der Waals surface area contributed by atoms with Gasteiger partial charge in [-0.3, -0.25) is 9.59 Å². The van der Waals surface area contributed by atoms with E-state index in [4.69, 9.17) is 23.2 Å². The number of carbonyl (C=O) groups excluding carboxylic acids is 2. The zero-order valence-corrected chi connectivity index (χ0v) is 8.04. The quantitative estimate of drug-likeness (QED) is 0.552. The highest BCUT2D eigenvalue weighted by Gasteiger charge is 2.32. The number of amides is 1. The van der Waals surface area contributed by atoms with E-state index in [9.17, 15) is 14.0 Å². The van der Waals surface area contributed by atoms with Crippen LogP contribution < -0.4 is 5.32 Å². The molecule has 14 heavy (non-hydrogen) atoms. The first-order valence-electron chi connectivity index (χ1n) is 3.55. The fourth-order valence-corrected chi connectivity index (χ4v) is 1.75. The van der Waals surface area contributed by atoms with Crippen LogP contribution in [0, 0.1) is 5.82 Å². The minimum Gasteiger partial charge on any atom is -0.318 e. The standard InChI is InChI=1S/C8H2Cl2FNO2/c9-2-1-3-4(5(10)6(2)11)7(13)8(14)12-3/h1H,(H,12,13,14). The first-order chi connectivity index (χ1) is 6.52. The Morgan fingerprint density at radius 1 is 1.29 bits per heavy atom. The molecule has 1 N–H and O–H groups in total. The lowest BCUT2D eigenvalue weighted by atomic mass is 10.1. The second kappa shape index (κ2) is 2.93. The molecule has 0 spiro atoms. The summed E-state index contributed by atoms with van der Waals surface area (Å²) < 4.78 is 13.1. The molecule has 0 atom stereocenters. The highest BCUT2D eigenvalue weighted by atomic mass is 35.5. The third-order valence-electron chi connectivity index (χ3n) is 1.84. The molecule has 1 aromatic carbocycles. The highest BCUT2D eigenvalue weighted by Crippen LogP contribution is 2.36. The van der Waals surface area contributed by atoms with Gasteiger partial charge in [-0.1, -0.05) is 23.2 Å². The maximum absolute atomic E-state index is 13.1. The Bertz CT molecular complexity index is 473. The van der Waals surface area contributed by atoms with Gasteiger partial charge < -0.3 is 5.32 Å². The fourth-order valence-electron chi connectivity index (χ4n) is 1.21. The van der Waals surface area contributed by atoms with Crippen LogP contribution in [0.15, 0.2) is 6.07 Å². The molecule has 0 bridgehead atoms. The normalized spacial score (nSPS) is 14.2. The average Bonchev–Trinajstić information content (AvgIpc) is 2.39. The molecule has 0 aliphatic carbocycles. The van der Waals surface area contributed by atoms with Crippen LogP contribution in [0.1, 0.15) is 10.4 Å². The van der Waals surface area contributed by atoms with Gasteiger partial charge in [0.1, 0.15) is 0 Å². The van der Waals surface area contributed by atoms with Crippen LogP contribution in [0.25, 0.3) is 0 Å². The summed E-state index contributed by atoms with van der Waals surface area (Å²) in [7, 11) is 0. The van der Waals surface area contributed by atoms with Crippen LogP contribution in [0.5, 0.6) is 0 Å². The third-order valence-corrected chi connectivity index (χ3v) is 2.47. The SMILES string of the molecule is O=C1Nc2cc(Cl)c(F)c(Cl)c2C1=O. The van der Waals surface area contributed by atoms with Crippen LogP contribution in [0.2, 0.25) is 10.0 Å². The van der Waals surface area contributed by atoms with Gasteiger partial charge in [-0.15, -0.1) is 0 Å². The lowest BCUT2D eigenvalue weighted by molar-refractivity contribution is -0.112. The fraction of sp³-hybridized carbons (Fsp3) is 0. The van der Waals surface area contributed by atoms with Gasteiger partial charge in [0.15, 0.2) is 5.82 Å². The summed E-state index contributed by atoms with van der Waals surface area (Å²) in [5, 5.41) is 1.58. The highest BCUT2D eigenvalue weighted by molar-refractivity contribution is 6.55. The van der Waals surface area contributed by atoms with Crippen molar-refractivity contribution in [3.05, 3.63) is 27.5 Å². The summed E-state index contributed by atoms with van der Waals surface area (Å²) in [4.78, 5) is 22.1. The molecular weight excluding hydrogens is 232 g/mol. The summed E-state index contributed by atoms with van der Waals surface area (Å²) >= 11 is 11.0. The number of hydrogen-bond acceptors (Lipinski definition) is 2. The zero-order chi connectivity index (χ0) is 10.5. The molecule has 0 unspecified atom stereocenters. The van der Waals surface area contributed by atoms with Crippen molar-refractivity contribution >= 4 is 40.6 Å². The van der Waals surface area contributed by atoms with Crippen molar-refractivity contribution in [3.8, 4) is 0 Å². The summed E-state index contributed by atoms with van der Waals surface area (Å²) in [6.07, 6.45) is 0. The van der Waals surface area contributed by atoms with Crippen molar-refractivity contribution in [2.24, 2.45) is 0 Å². The van der Waals surface area contributed by atoms with Crippen LogP contribution in [0.4, 0.5) is 10.1 Å². The molecule has 1 aromatic rings. The molecular formula is C8H2Cl2FNO2. The number of benzene rings is 1. The lowest BCUT2D eigenvalue weighted by Gasteiger charge is -2.02. The Balaban J connectivity index is 2.77. The molecule has 0 saturated carbocycles. The van der Waals surface area contributed by atoms with Gasteiger partial charge in [0.25, 0.3) is 11.7 Å². The predicted octanol–water partition coefficient (Wildman–Crippen LogP) is 2.27. The minimum absolute atomic E-state index is 0.149. The van der Waals surface area contributed by atoms with Gasteiger partial charge in [0.05, 0.1) is 21.3 Å². The number of halogens is 3. The second-order valence-corrected chi connectivity index (χ2v) is 3.48. The molecule has 1 amide bonds. The Hall–Kier alpha value is -1.13. The largest absolute Gasteiger partial charge is 0.318 e. The van der Waals surface area contributed by atoms with E-state index in [0.717, 1.165) is 6.07 Å². The predicted molar refractivity (Wildman–Crippen MR) is 49.4 cm³/mol. The van der Waals surface area contributed by atoms with Gasteiger partial charge in [0, 0.05) is 0 Å². The second-order valence-electron chi connectivity index (χ2n) is 2.69. The van der Waals surface area contributed by atoms with Gasteiger partial charge in [-0.2, -0.15) is 0 Å². The van der Waals surface area contributed by atoms with E-state index in [1.807, 2.05) is 0 Å². The summed E-state index contributed by atoms with van der Waals surface area (Å²) in [6, 6.07) is 1.15. The van der Waals surface area contributed by atoms with Crippen LogP contribution >= 0.6 is 23.2 Å². The first-order valence-corrected chi connectivity index (χ1v) is 4.31. The average molecular weight is 234 g/mol. The van der Waals surface area contributed by atoms with Crippen LogP contribution in [-0.4, -0.2) is 11.7 Å². The van der Waals surface area contributed by atoms with Crippen molar-refractivity contribution in [2.75, 3.05) is 5.32 Å². The van der Waals surface area contributed by atoms with E-state index in [2.05, 4.69) is 5.32 Å². The number of carbonyl (C=O) groups is 2. The Labute approximate surface area is 87.8 Å². The maximum Gasteiger partial charge on any atom is 0.296 e. The minimum atomic E-state index is -0.892. The number of fused-ring (bicyclic) bond motifs is 1. The molecule has 0 aromatic heterocycles. The molecule has 0 radical (unpaired) electrons. The van der Waals surface area contributed by atoms with Crippen molar-refractivity contribution in [2.45, 2.75) is 0 Å².